The standard InChI is InChI=1S/C14H13FO/c1-9-8-11(6-7-14(9)16)12-4-3-5-13(15)10(12)2/h3-8,16H,1-2H3. The fourth-order valence-corrected chi connectivity index (χ4v) is 1.74. The molecule has 0 atom stereocenters. The third-order valence-corrected chi connectivity index (χ3v) is 2.78. The molecule has 0 aliphatic heterocycles. The normalized spacial score (nSPS) is 10.4. The fourth-order valence-electron chi connectivity index (χ4n) is 1.74. The van der Waals surface area contributed by atoms with Gasteiger partial charge in [0.05, 0.1) is 0 Å². The molecule has 2 rings (SSSR count). The number of phenolic OH excluding ortho intramolecular Hbond substituents is 1. The summed E-state index contributed by atoms with van der Waals surface area (Å²) in [6.45, 7) is 3.58. The van der Waals surface area contributed by atoms with Gasteiger partial charge in [-0.15, -0.1) is 0 Å². The first-order valence-electron chi connectivity index (χ1n) is 5.14. The van der Waals surface area contributed by atoms with Crippen LogP contribution in [-0.4, -0.2) is 5.11 Å². The van der Waals surface area contributed by atoms with Gasteiger partial charge in [-0.1, -0.05) is 18.2 Å². The number of benzene rings is 2. The Kier molecular flexibility index (Phi) is 2.65. The van der Waals surface area contributed by atoms with Gasteiger partial charge in [-0.2, -0.15) is 0 Å². The summed E-state index contributed by atoms with van der Waals surface area (Å²) in [6.07, 6.45) is 0. The van der Waals surface area contributed by atoms with Crippen LogP contribution in [0.1, 0.15) is 11.1 Å². The zero-order valence-electron chi connectivity index (χ0n) is 9.29. The van der Waals surface area contributed by atoms with Gasteiger partial charge in [0.2, 0.25) is 0 Å². The Balaban J connectivity index is 2.59. The highest BCUT2D eigenvalue weighted by atomic mass is 19.1. The zero-order chi connectivity index (χ0) is 11.7. The molecule has 0 saturated carbocycles. The average molecular weight is 216 g/mol. The highest BCUT2D eigenvalue weighted by molar-refractivity contribution is 5.68. The lowest BCUT2D eigenvalue weighted by Crippen LogP contribution is -1.88. The molecule has 2 aromatic rings. The number of aryl methyl sites for hydroxylation is 1. The molecular formula is C14H13FO. The van der Waals surface area contributed by atoms with Gasteiger partial charge >= 0.3 is 0 Å². The predicted molar refractivity (Wildman–Crippen MR) is 63.0 cm³/mol. The van der Waals surface area contributed by atoms with E-state index >= 15 is 0 Å². The van der Waals surface area contributed by atoms with E-state index in [9.17, 15) is 9.50 Å². The van der Waals surface area contributed by atoms with Crippen LogP contribution < -0.4 is 0 Å². The molecule has 2 aromatic carbocycles. The number of aromatic hydroxyl groups is 1. The maximum absolute atomic E-state index is 13.4. The summed E-state index contributed by atoms with van der Waals surface area (Å²) in [7, 11) is 0. The Morgan fingerprint density at radius 3 is 2.50 bits per heavy atom. The monoisotopic (exact) mass is 216 g/mol. The van der Waals surface area contributed by atoms with Crippen molar-refractivity contribution in [2.45, 2.75) is 13.8 Å². The van der Waals surface area contributed by atoms with Crippen molar-refractivity contribution >= 4 is 0 Å². The summed E-state index contributed by atoms with van der Waals surface area (Å²) in [4.78, 5) is 0. The highest BCUT2D eigenvalue weighted by Crippen LogP contribution is 2.28. The minimum absolute atomic E-state index is 0.205. The third kappa shape index (κ3) is 1.78. The number of phenols is 1. The molecule has 0 heterocycles. The fraction of sp³-hybridized carbons (Fsp3) is 0.143. The van der Waals surface area contributed by atoms with Gasteiger partial charge in [0.15, 0.2) is 0 Å². The smallest absolute Gasteiger partial charge is 0.126 e. The third-order valence-electron chi connectivity index (χ3n) is 2.78. The van der Waals surface area contributed by atoms with Crippen molar-refractivity contribution in [3.8, 4) is 16.9 Å². The molecule has 0 amide bonds. The van der Waals surface area contributed by atoms with Crippen molar-refractivity contribution in [1.29, 1.82) is 0 Å². The molecule has 1 N–H and O–H groups in total. The summed E-state index contributed by atoms with van der Waals surface area (Å²) in [5.41, 5.74) is 3.21. The molecule has 0 aliphatic rings. The van der Waals surface area contributed by atoms with Gasteiger partial charge < -0.3 is 5.11 Å². The lowest BCUT2D eigenvalue weighted by molar-refractivity contribution is 0.471. The van der Waals surface area contributed by atoms with Crippen LogP contribution in [0.3, 0.4) is 0 Å². The first kappa shape index (κ1) is 10.7. The molecule has 0 aromatic heterocycles. The van der Waals surface area contributed by atoms with Gasteiger partial charge in [-0.3, -0.25) is 0 Å². The second-order valence-electron chi connectivity index (χ2n) is 3.91. The van der Waals surface area contributed by atoms with Crippen molar-refractivity contribution in [1.82, 2.24) is 0 Å². The van der Waals surface area contributed by atoms with E-state index in [0.717, 1.165) is 16.7 Å². The minimum Gasteiger partial charge on any atom is -0.508 e. The molecule has 0 aliphatic carbocycles. The molecule has 0 spiro atoms. The molecule has 82 valence electrons. The highest BCUT2D eigenvalue weighted by Gasteiger charge is 2.06. The zero-order valence-corrected chi connectivity index (χ0v) is 9.29. The molecule has 0 bridgehead atoms. The Morgan fingerprint density at radius 1 is 1.06 bits per heavy atom. The largest absolute Gasteiger partial charge is 0.508 e. The van der Waals surface area contributed by atoms with Gasteiger partial charge in [-0.05, 0) is 54.3 Å². The Labute approximate surface area is 94.2 Å². The van der Waals surface area contributed by atoms with Gasteiger partial charge in [0, 0.05) is 0 Å². The van der Waals surface area contributed by atoms with Crippen LogP contribution in [0.15, 0.2) is 36.4 Å². The summed E-state index contributed by atoms with van der Waals surface area (Å²) < 4.78 is 13.4. The summed E-state index contributed by atoms with van der Waals surface area (Å²) in [5, 5.41) is 9.44. The van der Waals surface area contributed by atoms with E-state index in [2.05, 4.69) is 0 Å². The van der Waals surface area contributed by atoms with E-state index in [4.69, 9.17) is 0 Å². The quantitative estimate of drug-likeness (QED) is 0.768. The summed E-state index contributed by atoms with van der Waals surface area (Å²) >= 11 is 0. The van der Waals surface area contributed by atoms with Crippen LogP contribution >= 0.6 is 0 Å². The Bertz CT molecular complexity index is 532. The first-order chi connectivity index (χ1) is 7.59. The maximum Gasteiger partial charge on any atom is 0.126 e. The number of hydrogen-bond donors (Lipinski definition) is 1. The lowest BCUT2D eigenvalue weighted by atomic mass is 9.98. The average Bonchev–Trinajstić information content (AvgIpc) is 2.26. The molecule has 0 saturated heterocycles. The van der Waals surface area contributed by atoms with Crippen LogP contribution in [-0.2, 0) is 0 Å². The number of halogens is 1. The SMILES string of the molecule is Cc1cc(-c2cccc(F)c2C)ccc1O. The molecule has 0 unspecified atom stereocenters. The minimum atomic E-state index is -0.205. The van der Waals surface area contributed by atoms with Crippen molar-refractivity contribution in [2.75, 3.05) is 0 Å². The van der Waals surface area contributed by atoms with Crippen LogP contribution in [0, 0.1) is 19.7 Å². The Hall–Kier alpha value is -1.83. The summed E-state index contributed by atoms with van der Waals surface area (Å²) in [5.74, 6) is 0.0565. The van der Waals surface area contributed by atoms with Crippen LogP contribution in [0.25, 0.3) is 11.1 Å². The van der Waals surface area contributed by atoms with Gasteiger partial charge in [0.1, 0.15) is 11.6 Å². The second-order valence-corrected chi connectivity index (χ2v) is 3.91. The van der Waals surface area contributed by atoms with Crippen LogP contribution in [0.4, 0.5) is 4.39 Å². The van der Waals surface area contributed by atoms with Crippen LogP contribution in [0.5, 0.6) is 5.75 Å². The molecular weight excluding hydrogens is 203 g/mol. The predicted octanol–water partition coefficient (Wildman–Crippen LogP) is 3.82. The van der Waals surface area contributed by atoms with Crippen LogP contribution in [0.2, 0.25) is 0 Å². The molecule has 0 fully saturated rings. The molecule has 2 heteroatoms. The maximum atomic E-state index is 13.4. The number of rotatable bonds is 1. The van der Waals surface area contributed by atoms with Gasteiger partial charge in [0.25, 0.3) is 0 Å². The van der Waals surface area contributed by atoms with E-state index in [1.807, 2.05) is 19.1 Å². The van der Waals surface area contributed by atoms with Crippen molar-refractivity contribution in [3.63, 3.8) is 0 Å². The van der Waals surface area contributed by atoms with E-state index in [0.29, 0.717) is 5.56 Å². The molecule has 1 nitrogen and oxygen atoms in total. The number of hydrogen-bond acceptors (Lipinski definition) is 1. The van der Waals surface area contributed by atoms with Crippen molar-refractivity contribution in [3.05, 3.63) is 53.3 Å². The topological polar surface area (TPSA) is 20.2 Å². The molecule has 16 heavy (non-hydrogen) atoms. The van der Waals surface area contributed by atoms with Crippen molar-refractivity contribution in [2.24, 2.45) is 0 Å². The van der Waals surface area contributed by atoms with E-state index in [1.165, 1.54) is 6.07 Å². The lowest BCUT2D eigenvalue weighted by Gasteiger charge is -2.08. The molecule has 0 radical (unpaired) electrons. The van der Waals surface area contributed by atoms with E-state index < -0.39 is 0 Å². The summed E-state index contributed by atoms with van der Waals surface area (Å²) in [6, 6.07) is 10.3. The Morgan fingerprint density at radius 2 is 1.81 bits per heavy atom. The van der Waals surface area contributed by atoms with Gasteiger partial charge in [-0.25, -0.2) is 4.39 Å². The second kappa shape index (κ2) is 3.97. The van der Waals surface area contributed by atoms with E-state index in [-0.39, 0.29) is 11.6 Å². The first-order valence-corrected chi connectivity index (χ1v) is 5.14. The van der Waals surface area contributed by atoms with Crippen molar-refractivity contribution < 1.29 is 9.50 Å². The van der Waals surface area contributed by atoms with E-state index in [1.54, 1.807) is 25.1 Å².